The molecule has 2 aromatic carbocycles. The molecule has 7 nitrogen and oxygen atoms in total. The second-order valence-corrected chi connectivity index (χ2v) is 8.60. The lowest BCUT2D eigenvalue weighted by molar-refractivity contribution is 0.225. The van der Waals surface area contributed by atoms with E-state index in [1.165, 1.54) is 0 Å². The first-order chi connectivity index (χ1) is 15.4. The fourth-order valence-electron chi connectivity index (χ4n) is 3.93. The number of aliphatic imine (C=N–C) groups is 1. The zero-order valence-corrected chi connectivity index (χ0v) is 17.8. The van der Waals surface area contributed by atoms with Gasteiger partial charge in [-0.3, -0.25) is 4.98 Å². The molecule has 0 saturated carbocycles. The number of aromatic nitrogens is 1. The lowest BCUT2D eigenvalue weighted by Gasteiger charge is -2.34. The monoisotopic (exact) mass is 426 g/mol. The molecule has 2 aliphatic heterocycles. The maximum Gasteiger partial charge on any atom is 0.283 e. The van der Waals surface area contributed by atoms with Gasteiger partial charge in [0.2, 0.25) is 0 Å². The van der Waals surface area contributed by atoms with Gasteiger partial charge in [-0.05, 0) is 55.8 Å². The standard InChI is InChI=1S/C25H22N4O3/c1-24(2,13-26)14-30-18-6-8-22-20(11-18)25(15-31-23(27)29-25)19-10-16(5-7-21(19)32-22)17-4-3-9-28-12-17/h3-12H,14-15H2,1-2H3,(H2,27,29). The maximum absolute atomic E-state index is 9.29. The fraction of sp³-hybridized carbons (Fsp3) is 0.240. The Morgan fingerprint density at radius 3 is 2.59 bits per heavy atom. The SMILES string of the molecule is CC(C)(C#N)COc1ccc2c(c1)C1(COC(N)=N1)c1cc(-c3cccnc3)ccc1O2. The molecule has 1 aromatic heterocycles. The third kappa shape index (κ3) is 3.30. The summed E-state index contributed by atoms with van der Waals surface area (Å²) in [6.45, 7) is 4.19. The number of pyridine rings is 1. The Morgan fingerprint density at radius 1 is 1.12 bits per heavy atom. The Kier molecular flexibility index (Phi) is 4.52. The second-order valence-electron chi connectivity index (χ2n) is 8.60. The predicted molar refractivity (Wildman–Crippen MR) is 119 cm³/mol. The van der Waals surface area contributed by atoms with Crippen LogP contribution in [0.15, 0.2) is 65.9 Å². The van der Waals surface area contributed by atoms with Crippen LogP contribution in [0.3, 0.4) is 0 Å². The first kappa shape index (κ1) is 19.9. The molecule has 1 atom stereocenters. The second kappa shape index (κ2) is 7.27. The van der Waals surface area contributed by atoms with E-state index < -0.39 is 11.0 Å². The molecule has 0 aliphatic carbocycles. The molecule has 160 valence electrons. The van der Waals surface area contributed by atoms with Crippen molar-refractivity contribution in [2.24, 2.45) is 16.1 Å². The Bertz CT molecular complexity index is 1260. The van der Waals surface area contributed by atoms with Crippen molar-refractivity contribution in [2.45, 2.75) is 19.4 Å². The minimum Gasteiger partial charge on any atom is -0.492 e. The van der Waals surface area contributed by atoms with Crippen molar-refractivity contribution in [1.82, 2.24) is 4.98 Å². The Labute approximate surface area is 186 Å². The van der Waals surface area contributed by atoms with Crippen LogP contribution in [0.2, 0.25) is 0 Å². The molecule has 2 N–H and O–H groups in total. The largest absolute Gasteiger partial charge is 0.492 e. The van der Waals surface area contributed by atoms with E-state index in [0.717, 1.165) is 22.3 Å². The van der Waals surface area contributed by atoms with Crippen molar-refractivity contribution in [1.29, 1.82) is 5.26 Å². The number of hydrogen-bond acceptors (Lipinski definition) is 7. The van der Waals surface area contributed by atoms with Crippen LogP contribution in [0, 0.1) is 16.7 Å². The van der Waals surface area contributed by atoms with E-state index in [2.05, 4.69) is 11.1 Å². The molecule has 0 amide bonds. The molecule has 0 fully saturated rings. The van der Waals surface area contributed by atoms with Crippen LogP contribution in [0.25, 0.3) is 11.1 Å². The molecule has 1 unspecified atom stereocenters. The van der Waals surface area contributed by atoms with Crippen LogP contribution in [0.4, 0.5) is 0 Å². The summed E-state index contributed by atoms with van der Waals surface area (Å²) < 4.78 is 17.8. The average Bonchev–Trinajstić information content (AvgIpc) is 3.21. The molecule has 3 aromatic rings. The minimum absolute atomic E-state index is 0.132. The number of nitrogens with two attached hydrogens (primary N) is 1. The zero-order chi connectivity index (χ0) is 22.3. The number of hydrogen-bond donors (Lipinski definition) is 1. The predicted octanol–water partition coefficient (Wildman–Crippen LogP) is 4.37. The molecule has 32 heavy (non-hydrogen) atoms. The number of fused-ring (bicyclic) bond motifs is 4. The molecule has 2 aliphatic rings. The summed E-state index contributed by atoms with van der Waals surface area (Å²) in [5.74, 6) is 2.00. The van der Waals surface area contributed by atoms with Crippen molar-refractivity contribution in [3.8, 4) is 34.4 Å². The van der Waals surface area contributed by atoms with Gasteiger partial charge in [0.15, 0.2) is 5.54 Å². The molecule has 0 saturated heterocycles. The van der Waals surface area contributed by atoms with Crippen molar-refractivity contribution >= 4 is 6.02 Å². The highest BCUT2D eigenvalue weighted by Crippen LogP contribution is 2.52. The third-order valence-electron chi connectivity index (χ3n) is 5.67. The van der Waals surface area contributed by atoms with Gasteiger partial charge in [-0.15, -0.1) is 0 Å². The van der Waals surface area contributed by atoms with Crippen molar-refractivity contribution in [2.75, 3.05) is 13.2 Å². The van der Waals surface area contributed by atoms with Crippen LogP contribution in [0.5, 0.6) is 17.2 Å². The van der Waals surface area contributed by atoms with Gasteiger partial charge < -0.3 is 19.9 Å². The minimum atomic E-state index is -0.852. The number of nitriles is 1. The normalized spacial score (nSPS) is 18.6. The first-order valence-electron chi connectivity index (χ1n) is 10.3. The summed E-state index contributed by atoms with van der Waals surface area (Å²) in [6.07, 6.45) is 3.56. The van der Waals surface area contributed by atoms with Gasteiger partial charge in [0.25, 0.3) is 6.02 Å². The number of amidine groups is 1. The van der Waals surface area contributed by atoms with Gasteiger partial charge in [-0.1, -0.05) is 12.1 Å². The third-order valence-corrected chi connectivity index (χ3v) is 5.67. The van der Waals surface area contributed by atoms with E-state index in [1.54, 1.807) is 6.20 Å². The quantitative estimate of drug-likeness (QED) is 0.664. The summed E-state index contributed by atoms with van der Waals surface area (Å²) in [4.78, 5) is 8.96. The number of nitrogens with zero attached hydrogens (tertiary/aromatic N) is 3. The molecule has 3 heterocycles. The van der Waals surface area contributed by atoms with Gasteiger partial charge in [0.1, 0.15) is 30.5 Å². The molecular weight excluding hydrogens is 404 g/mol. The summed E-state index contributed by atoms with van der Waals surface area (Å²) in [6, 6.07) is 17.9. The molecule has 0 radical (unpaired) electrons. The Morgan fingerprint density at radius 2 is 1.91 bits per heavy atom. The van der Waals surface area contributed by atoms with E-state index in [-0.39, 0.29) is 19.2 Å². The fourth-order valence-corrected chi connectivity index (χ4v) is 3.93. The highest BCUT2D eigenvalue weighted by atomic mass is 16.5. The summed E-state index contributed by atoms with van der Waals surface area (Å²) in [5, 5.41) is 9.29. The Balaban J connectivity index is 1.61. The lowest BCUT2D eigenvalue weighted by atomic mass is 9.80. The number of ether oxygens (including phenoxy) is 3. The summed E-state index contributed by atoms with van der Waals surface area (Å²) in [7, 11) is 0. The lowest BCUT2D eigenvalue weighted by Crippen LogP contribution is -2.31. The highest BCUT2D eigenvalue weighted by molar-refractivity contribution is 5.78. The van der Waals surface area contributed by atoms with Crippen molar-refractivity contribution in [3.05, 3.63) is 72.1 Å². The topological polar surface area (TPSA) is 103 Å². The van der Waals surface area contributed by atoms with E-state index in [9.17, 15) is 5.26 Å². The highest BCUT2D eigenvalue weighted by Gasteiger charge is 2.47. The number of rotatable bonds is 4. The van der Waals surface area contributed by atoms with E-state index in [1.807, 2.05) is 68.6 Å². The van der Waals surface area contributed by atoms with E-state index in [0.29, 0.717) is 17.2 Å². The molecule has 7 heteroatoms. The maximum atomic E-state index is 9.29. The zero-order valence-electron chi connectivity index (χ0n) is 17.8. The van der Waals surface area contributed by atoms with Crippen molar-refractivity contribution < 1.29 is 14.2 Å². The molecule has 0 bridgehead atoms. The number of benzene rings is 2. The van der Waals surface area contributed by atoms with E-state index >= 15 is 0 Å². The van der Waals surface area contributed by atoms with E-state index in [4.69, 9.17) is 24.9 Å². The summed E-state index contributed by atoms with van der Waals surface area (Å²) >= 11 is 0. The van der Waals surface area contributed by atoms with Crippen LogP contribution >= 0.6 is 0 Å². The first-order valence-corrected chi connectivity index (χ1v) is 10.3. The van der Waals surface area contributed by atoms with Gasteiger partial charge >= 0.3 is 0 Å². The molecular formula is C25H22N4O3. The molecule has 5 rings (SSSR count). The van der Waals surface area contributed by atoms with Gasteiger partial charge in [-0.2, -0.15) is 5.26 Å². The van der Waals surface area contributed by atoms with Crippen molar-refractivity contribution in [3.63, 3.8) is 0 Å². The van der Waals surface area contributed by atoms with Gasteiger partial charge in [0, 0.05) is 29.1 Å². The smallest absolute Gasteiger partial charge is 0.283 e. The van der Waals surface area contributed by atoms with Gasteiger partial charge in [0.05, 0.1) is 11.5 Å². The van der Waals surface area contributed by atoms with Gasteiger partial charge in [-0.25, -0.2) is 4.99 Å². The van der Waals surface area contributed by atoms with Crippen LogP contribution < -0.4 is 15.2 Å². The summed E-state index contributed by atoms with van der Waals surface area (Å²) in [5.41, 5.74) is 8.18. The Hall–Kier alpha value is -4.05. The van der Waals surface area contributed by atoms with Crippen LogP contribution in [-0.2, 0) is 10.3 Å². The molecule has 1 spiro atoms. The van der Waals surface area contributed by atoms with Crippen LogP contribution in [-0.4, -0.2) is 24.2 Å². The van der Waals surface area contributed by atoms with Crippen LogP contribution in [0.1, 0.15) is 25.0 Å². The average molecular weight is 426 g/mol.